The van der Waals surface area contributed by atoms with Gasteiger partial charge in [0.1, 0.15) is 6.04 Å². The van der Waals surface area contributed by atoms with E-state index in [9.17, 15) is 10.3 Å². The molecule has 1 aliphatic heterocycles. The standard InChI is InChI=1S/C12H10N2O2/c15-11-7-3-6-10-12(11)13-8-4-1-2-5-9(8)14(10)16/h1-7,10,15-16H/p-1. The number of anilines is 1. The number of aliphatic imine (C=N–C) groups is 1. The quantitative estimate of drug-likeness (QED) is 0.703. The van der Waals surface area contributed by atoms with Crippen molar-refractivity contribution in [2.75, 3.05) is 5.06 Å². The molecule has 0 radical (unpaired) electrons. The molecule has 0 saturated heterocycles. The maximum atomic E-state index is 11.6. The highest BCUT2D eigenvalue weighted by Crippen LogP contribution is 2.35. The smallest absolute Gasteiger partial charge is 0.116 e. The van der Waals surface area contributed by atoms with Gasteiger partial charge >= 0.3 is 0 Å². The number of para-hydroxylation sites is 2. The van der Waals surface area contributed by atoms with Gasteiger partial charge in [-0.15, -0.1) is 0 Å². The van der Waals surface area contributed by atoms with Crippen LogP contribution < -0.4 is 10.2 Å². The Morgan fingerprint density at radius 1 is 1.31 bits per heavy atom. The first-order valence-electron chi connectivity index (χ1n) is 4.99. The van der Waals surface area contributed by atoms with Crippen LogP contribution in [-0.2, 0) is 0 Å². The van der Waals surface area contributed by atoms with Gasteiger partial charge in [-0.2, -0.15) is 0 Å². The molecule has 1 heterocycles. The van der Waals surface area contributed by atoms with Crippen LogP contribution in [0.4, 0.5) is 11.4 Å². The fraction of sp³-hybridized carbons (Fsp3) is 0.0833. The van der Waals surface area contributed by atoms with E-state index in [4.69, 9.17) is 0 Å². The Morgan fingerprint density at radius 2 is 2.12 bits per heavy atom. The molecule has 0 fully saturated rings. The number of hydroxylamine groups is 1. The summed E-state index contributed by atoms with van der Waals surface area (Å²) in [5.74, 6) is -0.152. The van der Waals surface area contributed by atoms with E-state index in [0.29, 0.717) is 17.1 Å². The molecule has 2 aliphatic rings. The molecule has 0 bridgehead atoms. The highest BCUT2D eigenvalue weighted by Gasteiger charge is 2.27. The van der Waals surface area contributed by atoms with Crippen LogP contribution in [0.3, 0.4) is 0 Å². The highest BCUT2D eigenvalue weighted by atomic mass is 16.5. The molecule has 1 aliphatic carbocycles. The Bertz CT molecular complexity index is 532. The van der Waals surface area contributed by atoms with Gasteiger partial charge in [-0.05, 0) is 12.1 Å². The number of hydrogen-bond donors (Lipinski definition) is 1. The first-order valence-corrected chi connectivity index (χ1v) is 4.99. The minimum Gasteiger partial charge on any atom is -0.871 e. The topological polar surface area (TPSA) is 58.9 Å². The molecule has 1 unspecified atom stereocenters. The molecule has 3 rings (SSSR count). The molecule has 1 aromatic rings. The summed E-state index contributed by atoms with van der Waals surface area (Å²) in [5, 5.41) is 22.7. The third-order valence-corrected chi connectivity index (χ3v) is 2.71. The predicted molar refractivity (Wildman–Crippen MR) is 58.8 cm³/mol. The van der Waals surface area contributed by atoms with Gasteiger partial charge in [-0.1, -0.05) is 36.1 Å². The predicted octanol–water partition coefficient (Wildman–Crippen LogP) is 1.15. The second kappa shape index (κ2) is 3.21. The number of fused-ring (bicyclic) bond motifs is 2. The van der Waals surface area contributed by atoms with Crippen molar-refractivity contribution in [3.63, 3.8) is 0 Å². The van der Waals surface area contributed by atoms with E-state index >= 15 is 0 Å². The molecule has 1 atom stereocenters. The van der Waals surface area contributed by atoms with Crippen LogP contribution in [-0.4, -0.2) is 17.0 Å². The maximum absolute atomic E-state index is 11.6. The molecule has 0 spiro atoms. The Morgan fingerprint density at radius 3 is 3.00 bits per heavy atom. The number of hydrogen-bond acceptors (Lipinski definition) is 4. The summed E-state index contributed by atoms with van der Waals surface area (Å²) in [6, 6.07) is 6.72. The zero-order valence-electron chi connectivity index (χ0n) is 8.37. The van der Waals surface area contributed by atoms with Crippen LogP contribution in [0.5, 0.6) is 0 Å². The fourth-order valence-corrected chi connectivity index (χ4v) is 1.92. The van der Waals surface area contributed by atoms with E-state index in [2.05, 4.69) is 4.99 Å². The molecule has 4 nitrogen and oxygen atoms in total. The van der Waals surface area contributed by atoms with Gasteiger partial charge < -0.3 is 5.11 Å². The minimum absolute atomic E-state index is 0.152. The van der Waals surface area contributed by atoms with Crippen LogP contribution in [0, 0.1) is 0 Å². The molecule has 0 aromatic heterocycles. The van der Waals surface area contributed by atoms with Gasteiger partial charge in [-0.25, -0.2) is 10.1 Å². The zero-order valence-corrected chi connectivity index (χ0v) is 8.37. The van der Waals surface area contributed by atoms with Gasteiger partial charge in [0.2, 0.25) is 0 Å². The average Bonchev–Trinajstić information content (AvgIpc) is 2.31. The normalized spacial score (nSPS) is 22.1. The molecule has 80 valence electrons. The molecule has 4 heteroatoms. The van der Waals surface area contributed by atoms with Crippen LogP contribution in [0.2, 0.25) is 0 Å². The first-order chi connectivity index (χ1) is 7.77. The second-order valence-corrected chi connectivity index (χ2v) is 3.69. The summed E-state index contributed by atoms with van der Waals surface area (Å²) in [6.07, 6.45) is 4.84. The third-order valence-electron chi connectivity index (χ3n) is 2.71. The van der Waals surface area contributed by atoms with Crippen LogP contribution in [0.25, 0.3) is 0 Å². The lowest BCUT2D eigenvalue weighted by Crippen LogP contribution is -2.43. The van der Waals surface area contributed by atoms with Gasteiger partial charge in [0, 0.05) is 0 Å². The zero-order chi connectivity index (χ0) is 11.1. The number of benzene rings is 1. The number of allylic oxidation sites excluding steroid dienone is 2. The second-order valence-electron chi connectivity index (χ2n) is 3.69. The Hall–Kier alpha value is -2.07. The molecule has 16 heavy (non-hydrogen) atoms. The lowest BCUT2D eigenvalue weighted by atomic mass is 10.0. The van der Waals surface area contributed by atoms with Crippen molar-refractivity contribution >= 4 is 17.1 Å². The van der Waals surface area contributed by atoms with Crippen molar-refractivity contribution in [2.45, 2.75) is 6.04 Å². The van der Waals surface area contributed by atoms with E-state index in [0.717, 1.165) is 5.06 Å². The van der Waals surface area contributed by atoms with E-state index in [1.165, 1.54) is 6.08 Å². The average molecular weight is 213 g/mol. The van der Waals surface area contributed by atoms with Crippen molar-refractivity contribution in [3.8, 4) is 0 Å². The highest BCUT2D eigenvalue weighted by molar-refractivity contribution is 6.09. The summed E-state index contributed by atoms with van der Waals surface area (Å²) in [7, 11) is 0. The van der Waals surface area contributed by atoms with Crippen molar-refractivity contribution in [1.82, 2.24) is 0 Å². The van der Waals surface area contributed by atoms with Crippen molar-refractivity contribution < 1.29 is 10.3 Å². The lowest BCUT2D eigenvalue weighted by molar-refractivity contribution is -0.290. The van der Waals surface area contributed by atoms with Gasteiger partial charge in [-0.3, -0.25) is 5.21 Å². The third kappa shape index (κ3) is 1.17. The van der Waals surface area contributed by atoms with Gasteiger partial charge in [0.05, 0.1) is 17.1 Å². The fourth-order valence-electron chi connectivity index (χ4n) is 1.92. The monoisotopic (exact) mass is 213 g/mol. The SMILES string of the molecule is [O-]C1=CC=CC2C1=Nc1ccccc1N2O. The summed E-state index contributed by atoms with van der Waals surface area (Å²) < 4.78 is 0. The summed E-state index contributed by atoms with van der Waals surface area (Å²) in [4.78, 5) is 4.28. The molecular weight excluding hydrogens is 204 g/mol. The molecule has 0 saturated carbocycles. The van der Waals surface area contributed by atoms with E-state index in [1.54, 1.807) is 24.3 Å². The van der Waals surface area contributed by atoms with Crippen molar-refractivity contribution in [2.24, 2.45) is 4.99 Å². The summed E-state index contributed by atoms with van der Waals surface area (Å²) in [5.41, 5.74) is 1.60. The first kappa shape index (κ1) is 9.18. The van der Waals surface area contributed by atoms with Crippen molar-refractivity contribution in [1.29, 1.82) is 0 Å². The van der Waals surface area contributed by atoms with Gasteiger partial charge in [0.25, 0.3) is 0 Å². The summed E-state index contributed by atoms with van der Waals surface area (Å²) >= 11 is 0. The van der Waals surface area contributed by atoms with Gasteiger partial charge in [0.15, 0.2) is 0 Å². The Balaban J connectivity index is 2.20. The van der Waals surface area contributed by atoms with E-state index < -0.39 is 6.04 Å². The lowest BCUT2D eigenvalue weighted by Gasteiger charge is -2.35. The van der Waals surface area contributed by atoms with Crippen molar-refractivity contribution in [3.05, 3.63) is 48.3 Å². The molecule has 1 aromatic carbocycles. The van der Waals surface area contributed by atoms with E-state index in [-0.39, 0.29) is 5.76 Å². The minimum atomic E-state index is -0.465. The molecule has 1 N–H and O–H groups in total. The Kier molecular flexibility index (Phi) is 1.84. The molecule has 0 amide bonds. The maximum Gasteiger partial charge on any atom is 0.116 e. The summed E-state index contributed by atoms with van der Waals surface area (Å²) in [6.45, 7) is 0. The van der Waals surface area contributed by atoms with E-state index in [1.807, 2.05) is 12.1 Å². The number of rotatable bonds is 0. The van der Waals surface area contributed by atoms with Crippen LogP contribution >= 0.6 is 0 Å². The molecular formula is C12H9N2O2-. The van der Waals surface area contributed by atoms with Crippen LogP contribution in [0.15, 0.2) is 53.2 Å². The largest absolute Gasteiger partial charge is 0.871 e. The number of nitrogens with zero attached hydrogens (tertiary/aromatic N) is 2. The van der Waals surface area contributed by atoms with Crippen LogP contribution in [0.1, 0.15) is 0 Å². The Labute approximate surface area is 92.4 Å².